The van der Waals surface area contributed by atoms with E-state index in [9.17, 15) is 4.79 Å². The number of rotatable bonds is 2. The van der Waals surface area contributed by atoms with Crippen LogP contribution < -0.4 is 5.73 Å². The van der Waals surface area contributed by atoms with E-state index < -0.39 is 0 Å². The van der Waals surface area contributed by atoms with E-state index in [1.807, 2.05) is 4.90 Å². The van der Waals surface area contributed by atoms with Crippen molar-refractivity contribution in [1.82, 2.24) is 19.7 Å². The van der Waals surface area contributed by atoms with E-state index in [1.165, 1.54) is 36.7 Å². The molecular weight excluding hydrogens is 242 g/mol. The van der Waals surface area contributed by atoms with Gasteiger partial charge in [-0.05, 0) is 31.1 Å². The van der Waals surface area contributed by atoms with Crippen molar-refractivity contribution in [1.29, 1.82) is 0 Å². The van der Waals surface area contributed by atoms with Gasteiger partial charge in [-0.2, -0.15) is 0 Å². The molecule has 19 heavy (non-hydrogen) atoms. The molecule has 2 heterocycles. The standard InChI is InChI=1S/C13H21N5O/c14-12-15-10-18(16-12)9-11(19)17-7-5-13(6-8-17)3-1-2-4-13/h10H,1-9H2,(H2,14,16). The van der Waals surface area contributed by atoms with Crippen molar-refractivity contribution in [3.63, 3.8) is 0 Å². The Hall–Kier alpha value is -1.59. The molecule has 1 saturated heterocycles. The Morgan fingerprint density at radius 1 is 1.26 bits per heavy atom. The van der Waals surface area contributed by atoms with E-state index in [1.54, 1.807) is 0 Å². The average Bonchev–Trinajstić information content (AvgIpc) is 3.00. The third kappa shape index (κ3) is 2.57. The van der Waals surface area contributed by atoms with Gasteiger partial charge in [-0.15, -0.1) is 5.10 Å². The number of likely N-dealkylation sites (tertiary alicyclic amines) is 1. The van der Waals surface area contributed by atoms with Crippen LogP contribution in [0, 0.1) is 5.41 Å². The van der Waals surface area contributed by atoms with Gasteiger partial charge in [0, 0.05) is 13.1 Å². The molecule has 3 rings (SSSR count). The summed E-state index contributed by atoms with van der Waals surface area (Å²) in [6.45, 7) is 2.03. The topological polar surface area (TPSA) is 77.0 Å². The lowest BCUT2D eigenvalue weighted by Gasteiger charge is -2.39. The summed E-state index contributed by atoms with van der Waals surface area (Å²) in [4.78, 5) is 18.0. The maximum Gasteiger partial charge on any atom is 0.244 e. The number of piperidine rings is 1. The highest BCUT2D eigenvalue weighted by molar-refractivity contribution is 5.76. The Bertz CT molecular complexity index is 453. The summed E-state index contributed by atoms with van der Waals surface area (Å²) in [5.74, 6) is 0.342. The molecule has 0 aromatic carbocycles. The first-order valence-corrected chi connectivity index (χ1v) is 7.10. The van der Waals surface area contributed by atoms with E-state index in [4.69, 9.17) is 5.73 Å². The van der Waals surface area contributed by atoms with Crippen LogP contribution in [0.25, 0.3) is 0 Å². The molecule has 1 amide bonds. The van der Waals surface area contributed by atoms with E-state index >= 15 is 0 Å². The van der Waals surface area contributed by atoms with Crippen molar-refractivity contribution in [2.75, 3.05) is 18.8 Å². The first-order valence-electron chi connectivity index (χ1n) is 7.10. The van der Waals surface area contributed by atoms with E-state index in [2.05, 4.69) is 10.1 Å². The van der Waals surface area contributed by atoms with Crippen molar-refractivity contribution in [3.05, 3.63) is 6.33 Å². The lowest BCUT2D eigenvalue weighted by atomic mass is 9.77. The molecule has 104 valence electrons. The zero-order chi connectivity index (χ0) is 13.3. The van der Waals surface area contributed by atoms with Crippen LogP contribution in [0.2, 0.25) is 0 Å². The summed E-state index contributed by atoms with van der Waals surface area (Å²) in [6, 6.07) is 0. The van der Waals surface area contributed by atoms with Gasteiger partial charge in [0.25, 0.3) is 0 Å². The number of nitrogen functional groups attached to an aromatic ring is 1. The van der Waals surface area contributed by atoms with Gasteiger partial charge in [-0.1, -0.05) is 12.8 Å². The molecule has 2 aliphatic rings. The van der Waals surface area contributed by atoms with E-state index in [0.29, 0.717) is 5.41 Å². The second kappa shape index (κ2) is 4.83. The normalized spacial score (nSPS) is 22.0. The molecule has 6 heteroatoms. The van der Waals surface area contributed by atoms with Crippen LogP contribution in [0.1, 0.15) is 38.5 Å². The van der Waals surface area contributed by atoms with Gasteiger partial charge in [0.1, 0.15) is 12.9 Å². The number of nitrogens with two attached hydrogens (primary N) is 1. The third-order valence-corrected chi connectivity index (χ3v) is 4.69. The molecule has 0 unspecified atom stereocenters. The molecule has 2 N–H and O–H groups in total. The smallest absolute Gasteiger partial charge is 0.244 e. The largest absolute Gasteiger partial charge is 0.367 e. The van der Waals surface area contributed by atoms with Crippen molar-refractivity contribution in [2.45, 2.75) is 45.1 Å². The maximum atomic E-state index is 12.2. The highest BCUT2D eigenvalue weighted by Crippen LogP contribution is 2.46. The Morgan fingerprint density at radius 2 is 1.95 bits per heavy atom. The predicted octanol–water partition coefficient (Wildman–Crippen LogP) is 1.04. The predicted molar refractivity (Wildman–Crippen MR) is 71.1 cm³/mol. The Balaban J connectivity index is 1.54. The molecule has 0 radical (unpaired) electrons. The van der Waals surface area contributed by atoms with Crippen molar-refractivity contribution < 1.29 is 4.79 Å². The molecule has 1 spiro atoms. The van der Waals surface area contributed by atoms with Crippen LogP contribution >= 0.6 is 0 Å². The van der Waals surface area contributed by atoms with Gasteiger partial charge < -0.3 is 10.6 Å². The quantitative estimate of drug-likeness (QED) is 0.865. The molecule has 1 aromatic rings. The van der Waals surface area contributed by atoms with Crippen LogP contribution in [0.15, 0.2) is 6.33 Å². The summed E-state index contributed by atoms with van der Waals surface area (Å²) in [5.41, 5.74) is 5.99. The number of anilines is 1. The van der Waals surface area contributed by atoms with Crippen molar-refractivity contribution >= 4 is 11.9 Å². The van der Waals surface area contributed by atoms with E-state index in [-0.39, 0.29) is 18.4 Å². The van der Waals surface area contributed by atoms with Gasteiger partial charge >= 0.3 is 0 Å². The number of amides is 1. The summed E-state index contributed by atoms with van der Waals surface area (Å²) in [5, 5.41) is 3.95. The zero-order valence-corrected chi connectivity index (χ0v) is 11.2. The zero-order valence-electron chi connectivity index (χ0n) is 11.2. The maximum absolute atomic E-state index is 12.2. The number of hydrogen-bond donors (Lipinski definition) is 1. The Kier molecular flexibility index (Phi) is 3.16. The fourth-order valence-electron chi connectivity index (χ4n) is 3.48. The Labute approximate surface area is 113 Å². The minimum Gasteiger partial charge on any atom is -0.367 e. The summed E-state index contributed by atoms with van der Waals surface area (Å²) < 4.78 is 1.51. The highest BCUT2D eigenvalue weighted by Gasteiger charge is 2.37. The molecule has 6 nitrogen and oxygen atoms in total. The van der Waals surface area contributed by atoms with Gasteiger partial charge in [-0.25, -0.2) is 9.67 Å². The molecule has 1 aliphatic heterocycles. The number of hydrogen-bond acceptors (Lipinski definition) is 4. The van der Waals surface area contributed by atoms with Crippen LogP contribution in [0.5, 0.6) is 0 Å². The van der Waals surface area contributed by atoms with Crippen LogP contribution in [0.3, 0.4) is 0 Å². The fourth-order valence-corrected chi connectivity index (χ4v) is 3.48. The molecule has 1 aromatic heterocycles. The second-order valence-corrected chi connectivity index (χ2v) is 5.89. The molecular formula is C13H21N5O. The average molecular weight is 263 g/mol. The molecule has 0 bridgehead atoms. The summed E-state index contributed by atoms with van der Waals surface area (Å²) in [7, 11) is 0. The van der Waals surface area contributed by atoms with Crippen LogP contribution in [-0.4, -0.2) is 38.7 Å². The Morgan fingerprint density at radius 3 is 2.53 bits per heavy atom. The second-order valence-electron chi connectivity index (χ2n) is 5.89. The molecule has 0 atom stereocenters. The van der Waals surface area contributed by atoms with Gasteiger partial charge in [-0.3, -0.25) is 4.79 Å². The summed E-state index contributed by atoms with van der Waals surface area (Å²) >= 11 is 0. The minimum absolute atomic E-state index is 0.123. The SMILES string of the molecule is Nc1ncn(CC(=O)N2CCC3(CCCC3)CC2)n1. The van der Waals surface area contributed by atoms with Gasteiger partial charge in [0.15, 0.2) is 0 Å². The third-order valence-electron chi connectivity index (χ3n) is 4.69. The molecule has 2 fully saturated rings. The van der Waals surface area contributed by atoms with Crippen molar-refractivity contribution in [2.24, 2.45) is 5.41 Å². The lowest BCUT2D eigenvalue weighted by Crippen LogP contribution is -2.43. The number of nitrogens with zero attached hydrogens (tertiary/aromatic N) is 4. The summed E-state index contributed by atoms with van der Waals surface area (Å²) in [6.07, 6.45) is 9.29. The first-order chi connectivity index (χ1) is 9.17. The fraction of sp³-hybridized carbons (Fsp3) is 0.769. The molecule has 1 saturated carbocycles. The number of aromatic nitrogens is 3. The van der Waals surface area contributed by atoms with Crippen molar-refractivity contribution in [3.8, 4) is 0 Å². The lowest BCUT2D eigenvalue weighted by molar-refractivity contribution is -0.134. The number of carbonyl (C=O) groups is 1. The van der Waals surface area contributed by atoms with Crippen LogP contribution in [-0.2, 0) is 11.3 Å². The van der Waals surface area contributed by atoms with Crippen LogP contribution in [0.4, 0.5) is 5.95 Å². The minimum atomic E-state index is 0.123. The monoisotopic (exact) mass is 263 g/mol. The first kappa shape index (κ1) is 12.4. The number of carbonyl (C=O) groups excluding carboxylic acids is 1. The van der Waals surface area contributed by atoms with Gasteiger partial charge in [0.2, 0.25) is 11.9 Å². The highest BCUT2D eigenvalue weighted by atomic mass is 16.2. The van der Waals surface area contributed by atoms with Gasteiger partial charge in [0.05, 0.1) is 0 Å². The van der Waals surface area contributed by atoms with E-state index in [0.717, 1.165) is 25.9 Å². The molecule has 1 aliphatic carbocycles.